The van der Waals surface area contributed by atoms with Crippen molar-refractivity contribution >= 4 is 17.5 Å². The Morgan fingerprint density at radius 1 is 1.50 bits per heavy atom. The van der Waals surface area contributed by atoms with E-state index in [1.807, 2.05) is 0 Å². The summed E-state index contributed by atoms with van der Waals surface area (Å²) < 4.78 is -0.342. The van der Waals surface area contributed by atoms with Gasteiger partial charge in [-0.15, -0.1) is 11.8 Å². The second-order valence-corrected chi connectivity index (χ2v) is 6.42. The van der Waals surface area contributed by atoms with Crippen molar-refractivity contribution in [1.29, 1.82) is 5.26 Å². The maximum atomic E-state index is 10.8. The summed E-state index contributed by atoms with van der Waals surface area (Å²) >= 11 is 1.61. The van der Waals surface area contributed by atoms with Crippen molar-refractivity contribution < 1.29 is 4.79 Å². The second kappa shape index (κ2) is 2.77. The van der Waals surface area contributed by atoms with Crippen molar-refractivity contribution in [3.63, 3.8) is 0 Å². The Morgan fingerprint density at radius 3 is 2.25 bits per heavy atom. The van der Waals surface area contributed by atoms with Crippen LogP contribution in [-0.2, 0) is 4.79 Å². The molecule has 0 radical (unpaired) electrons. The quantitative estimate of drug-likeness (QED) is 0.625. The second-order valence-electron chi connectivity index (χ2n) is 4.21. The Bertz CT molecular complexity index is 238. The third-order valence-corrected chi connectivity index (χ3v) is 3.05. The molecule has 0 aromatic carbocycles. The fourth-order valence-corrected chi connectivity index (χ4v) is 3.03. The summed E-state index contributed by atoms with van der Waals surface area (Å²) in [6.07, 6.45) is 0.872. The van der Waals surface area contributed by atoms with Crippen molar-refractivity contribution in [1.82, 2.24) is 0 Å². The van der Waals surface area contributed by atoms with Gasteiger partial charge in [-0.2, -0.15) is 5.26 Å². The Hall–Kier alpha value is -0.490. The van der Waals surface area contributed by atoms with Crippen molar-refractivity contribution in [3.05, 3.63) is 0 Å². The predicted octanol–water partition coefficient (Wildman–Crippen LogP) is 2.14. The summed E-state index contributed by atoms with van der Waals surface area (Å²) in [5, 5.41) is 8.89. The number of carbonyl (C=O) groups is 1. The predicted molar refractivity (Wildman–Crippen MR) is 49.9 cm³/mol. The van der Waals surface area contributed by atoms with E-state index in [1.165, 1.54) is 0 Å². The summed E-state index contributed by atoms with van der Waals surface area (Å²) in [6, 6.07) is 2.24. The lowest BCUT2D eigenvalue weighted by Gasteiger charge is -2.37. The topological polar surface area (TPSA) is 40.9 Å². The molecule has 0 N–H and O–H groups in total. The van der Waals surface area contributed by atoms with E-state index >= 15 is 0 Å². The lowest BCUT2D eigenvalue weighted by atomic mass is 9.84. The molecule has 0 bridgehead atoms. The Labute approximate surface area is 77.3 Å². The third kappa shape index (κ3) is 2.01. The van der Waals surface area contributed by atoms with Gasteiger partial charge in [-0.3, -0.25) is 4.79 Å². The summed E-state index contributed by atoms with van der Waals surface area (Å²) in [4.78, 5) is 10.8. The standard InChI is InChI=1S/C9H13NOS/c1-8(2,3)12-9(6-10)4-7(11)5-9/h4-5H2,1-3H3. The molecular formula is C9H13NOS. The molecular weight excluding hydrogens is 170 g/mol. The Morgan fingerprint density at radius 2 is 2.00 bits per heavy atom. The largest absolute Gasteiger partial charge is 0.300 e. The SMILES string of the molecule is CC(C)(C)SC1(C#N)CC(=O)C1. The maximum absolute atomic E-state index is 10.8. The summed E-state index contributed by atoms with van der Waals surface area (Å²) in [5.41, 5.74) is 0. The molecule has 0 saturated heterocycles. The molecule has 3 heteroatoms. The zero-order valence-electron chi connectivity index (χ0n) is 7.68. The lowest BCUT2D eigenvalue weighted by Crippen LogP contribution is -2.42. The van der Waals surface area contributed by atoms with Gasteiger partial charge in [-0.1, -0.05) is 20.8 Å². The third-order valence-electron chi connectivity index (χ3n) is 1.67. The molecule has 0 heterocycles. The van der Waals surface area contributed by atoms with E-state index in [0.717, 1.165) is 0 Å². The van der Waals surface area contributed by atoms with Crippen molar-refractivity contribution in [2.45, 2.75) is 43.1 Å². The number of nitriles is 1. The van der Waals surface area contributed by atoms with Gasteiger partial charge in [0.1, 0.15) is 10.5 Å². The Balaban J connectivity index is 2.61. The van der Waals surface area contributed by atoms with Crippen LogP contribution in [-0.4, -0.2) is 15.3 Å². The highest BCUT2D eigenvalue weighted by atomic mass is 32.2. The van der Waals surface area contributed by atoms with Gasteiger partial charge in [0.25, 0.3) is 0 Å². The van der Waals surface area contributed by atoms with Gasteiger partial charge in [0.05, 0.1) is 6.07 Å². The van der Waals surface area contributed by atoms with E-state index in [0.29, 0.717) is 12.8 Å². The number of nitrogens with zero attached hydrogens (tertiary/aromatic N) is 1. The van der Waals surface area contributed by atoms with Crippen LogP contribution in [0.4, 0.5) is 0 Å². The van der Waals surface area contributed by atoms with Gasteiger partial charge < -0.3 is 0 Å². The first-order valence-electron chi connectivity index (χ1n) is 4.00. The van der Waals surface area contributed by atoms with E-state index in [1.54, 1.807) is 11.8 Å². The number of thioether (sulfide) groups is 1. The van der Waals surface area contributed by atoms with Gasteiger partial charge in [-0.25, -0.2) is 0 Å². The minimum Gasteiger partial charge on any atom is -0.300 e. The van der Waals surface area contributed by atoms with Gasteiger partial charge in [0, 0.05) is 17.6 Å². The van der Waals surface area contributed by atoms with Crippen LogP contribution < -0.4 is 0 Å². The molecule has 0 atom stereocenters. The smallest absolute Gasteiger partial charge is 0.137 e. The average molecular weight is 183 g/mol. The van der Waals surface area contributed by atoms with Crippen LogP contribution in [0.5, 0.6) is 0 Å². The van der Waals surface area contributed by atoms with Gasteiger partial charge >= 0.3 is 0 Å². The highest BCUT2D eigenvalue weighted by Crippen LogP contribution is 2.46. The first-order chi connectivity index (χ1) is 5.37. The van der Waals surface area contributed by atoms with Crippen LogP contribution >= 0.6 is 11.8 Å². The molecule has 1 aliphatic rings. The van der Waals surface area contributed by atoms with Crippen LogP contribution in [0.1, 0.15) is 33.6 Å². The molecule has 0 amide bonds. The van der Waals surface area contributed by atoms with Crippen LogP contribution in [0, 0.1) is 11.3 Å². The minimum atomic E-state index is -0.407. The number of ketones is 1. The van der Waals surface area contributed by atoms with Gasteiger partial charge in [0.15, 0.2) is 0 Å². The zero-order chi connectivity index (χ0) is 9.41. The fraction of sp³-hybridized carbons (Fsp3) is 0.778. The zero-order valence-corrected chi connectivity index (χ0v) is 8.49. The van der Waals surface area contributed by atoms with Crippen LogP contribution in [0.2, 0.25) is 0 Å². The monoisotopic (exact) mass is 183 g/mol. The molecule has 12 heavy (non-hydrogen) atoms. The van der Waals surface area contributed by atoms with Crippen molar-refractivity contribution in [3.8, 4) is 6.07 Å². The molecule has 0 aromatic heterocycles. The maximum Gasteiger partial charge on any atom is 0.137 e. The number of hydrogen-bond acceptors (Lipinski definition) is 3. The summed E-state index contributed by atoms with van der Waals surface area (Å²) in [7, 11) is 0. The number of hydrogen-bond donors (Lipinski definition) is 0. The molecule has 2 nitrogen and oxygen atoms in total. The average Bonchev–Trinajstić information content (AvgIpc) is 1.80. The highest BCUT2D eigenvalue weighted by molar-refractivity contribution is 8.02. The first-order valence-corrected chi connectivity index (χ1v) is 4.82. The summed E-state index contributed by atoms with van der Waals surface area (Å²) in [6.45, 7) is 6.21. The van der Waals surface area contributed by atoms with E-state index in [9.17, 15) is 4.79 Å². The van der Waals surface area contributed by atoms with Crippen molar-refractivity contribution in [2.75, 3.05) is 0 Å². The van der Waals surface area contributed by atoms with Crippen LogP contribution in [0.15, 0.2) is 0 Å². The number of rotatable bonds is 1. The summed E-state index contributed by atoms with van der Waals surface area (Å²) in [5.74, 6) is 0.216. The number of Topliss-reactive ketones (excluding diaryl/α,β-unsaturated/α-hetero) is 1. The molecule has 1 aliphatic carbocycles. The molecule has 66 valence electrons. The first kappa shape index (κ1) is 9.60. The Kier molecular flexibility index (Phi) is 2.22. The molecule has 0 aromatic rings. The highest BCUT2D eigenvalue weighted by Gasteiger charge is 2.46. The fourth-order valence-electron chi connectivity index (χ4n) is 1.35. The van der Waals surface area contributed by atoms with E-state index in [-0.39, 0.29) is 10.5 Å². The van der Waals surface area contributed by atoms with E-state index in [2.05, 4.69) is 26.8 Å². The lowest BCUT2D eigenvalue weighted by molar-refractivity contribution is -0.124. The molecule has 1 rings (SSSR count). The molecule has 0 unspecified atom stereocenters. The molecule has 1 fully saturated rings. The number of carbonyl (C=O) groups excluding carboxylic acids is 1. The molecule has 1 saturated carbocycles. The van der Waals surface area contributed by atoms with E-state index in [4.69, 9.17) is 5.26 Å². The van der Waals surface area contributed by atoms with Crippen LogP contribution in [0.3, 0.4) is 0 Å². The normalized spacial score (nSPS) is 21.3. The molecule has 0 spiro atoms. The van der Waals surface area contributed by atoms with Crippen molar-refractivity contribution in [2.24, 2.45) is 0 Å². The minimum absolute atomic E-state index is 0.0659. The van der Waals surface area contributed by atoms with E-state index < -0.39 is 4.75 Å². The van der Waals surface area contributed by atoms with Gasteiger partial charge in [0.2, 0.25) is 0 Å². The van der Waals surface area contributed by atoms with Crippen LogP contribution in [0.25, 0.3) is 0 Å². The molecule has 0 aliphatic heterocycles. The van der Waals surface area contributed by atoms with Gasteiger partial charge in [-0.05, 0) is 0 Å².